The first-order chi connectivity index (χ1) is 11.5. The van der Waals surface area contributed by atoms with Gasteiger partial charge >= 0.3 is 0 Å². The van der Waals surface area contributed by atoms with Gasteiger partial charge in [-0.05, 0) is 31.9 Å². The smallest absolute Gasteiger partial charge is 0.289 e. The average molecular weight is 334 g/mol. The number of nitrogens with zero attached hydrogens (tertiary/aromatic N) is 3. The van der Waals surface area contributed by atoms with Crippen molar-refractivity contribution < 1.29 is 18.7 Å². The second kappa shape index (κ2) is 6.56. The lowest BCUT2D eigenvalue weighted by Crippen LogP contribution is -2.54. The fourth-order valence-corrected chi connectivity index (χ4v) is 2.85. The summed E-state index contributed by atoms with van der Waals surface area (Å²) in [6, 6.07) is 2.92. The molecule has 0 bridgehead atoms. The third-order valence-electron chi connectivity index (χ3n) is 4.12. The van der Waals surface area contributed by atoms with Gasteiger partial charge in [0, 0.05) is 19.6 Å². The first-order valence-electron chi connectivity index (χ1n) is 7.74. The van der Waals surface area contributed by atoms with E-state index in [4.69, 9.17) is 4.42 Å². The number of rotatable bonds is 4. The van der Waals surface area contributed by atoms with Gasteiger partial charge in [0.1, 0.15) is 11.6 Å². The molecule has 128 valence electrons. The van der Waals surface area contributed by atoms with E-state index in [0.717, 1.165) is 19.2 Å². The topological polar surface area (TPSA) is 91.5 Å². The zero-order valence-electron chi connectivity index (χ0n) is 13.3. The zero-order valence-corrected chi connectivity index (χ0v) is 13.3. The third kappa shape index (κ3) is 3.53. The summed E-state index contributed by atoms with van der Waals surface area (Å²) in [6.45, 7) is 2.79. The summed E-state index contributed by atoms with van der Waals surface area (Å²) in [5.74, 6) is -0.0606. The van der Waals surface area contributed by atoms with E-state index in [1.54, 1.807) is 13.0 Å². The summed E-state index contributed by atoms with van der Waals surface area (Å²) in [5.41, 5.74) is -0.585. The average Bonchev–Trinajstić information content (AvgIpc) is 3.00. The Morgan fingerprint density at radius 1 is 1.50 bits per heavy atom. The number of piperidine rings is 1. The molecule has 3 rings (SSSR count). The number of carbonyl (C=O) groups excluding carboxylic acids is 1. The Morgan fingerprint density at radius 3 is 3.00 bits per heavy atom. The monoisotopic (exact) mass is 334 g/mol. The zero-order chi connectivity index (χ0) is 17.2. The maximum atomic E-state index is 13.0. The number of aryl methyl sites for hydroxylation is 1. The Balaban J connectivity index is 1.63. The van der Waals surface area contributed by atoms with Crippen molar-refractivity contribution in [1.29, 1.82) is 0 Å². The van der Waals surface area contributed by atoms with Crippen molar-refractivity contribution >= 4 is 11.7 Å². The molecule has 3 heterocycles. The van der Waals surface area contributed by atoms with Crippen LogP contribution in [0.5, 0.6) is 0 Å². The fourth-order valence-electron chi connectivity index (χ4n) is 2.85. The van der Waals surface area contributed by atoms with Crippen LogP contribution < -0.4 is 10.2 Å². The highest BCUT2D eigenvalue weighted by Crippen LogP contribution is 2.24. The minimum Gasteiger partial charge on any atom is -0.438 e. The van der Waals surface area contributed by atoms with Gasteiger partial charge in [0.15, 0.2) is 6.39 Å². The number of carbonyl (C=O) groups is 1. The highest BCUT2D eigenvalue weighted by atomic mass is 19.1. The molecule has 2 aromatic rings. The van der Waals surface area contributed by atoms with Crippen LogP contribution in [0.3, 0.4) is 0 Å². The van der Waals surface area contributed by atoms with Gasteiger partial charge in [-0.3, -0.25) is 4.79 Å². The van der Waals surface area contributed by atoms with Crippen molar-refractivity contribution in [3.63, 3.8) is 0 Å². The molecule has 0 radical (unpaired) electrons. The second-order valence-corrected chi connectivity index (χ2v) is 6.03. The van der Waals surface area contributed by atoms with E-state index in [1.165, 1.54) is 12.5 Å². The van der Waals surface area contributed by atoms with Gasteiger partial charge in [-0.1, -0.05) is 0 Å². The van der Waals surface area contributed by atoms with Crippen LogP contribution >= 0.6 is 0 Å². The molecule has 0 aliphatic carbocycles. The summed E-state index contributed by atoms with van der Waals surface area (Å²) >= 11 is 0. The van der Waals surface area contributed by atoms with E-state index < -0.39 is 17.3 Å². The van der Waals surface area contributed by atoms with E-state index in [0.29, 0.717) is 24.5 Å². The predicted molar refractivity (Wildman–Crippen MR) is 84.2 cm³/mol. The lowest BCUT2D eigenvalue weighted by molar-refractivity contribution is 0.0251. The standard InChI is InChI=1S/C16H19FN4O3/c1-11-14(24-10-20-11)15(22)19-8-16(23)5-2-6-21(9-16)13-4-3-12(17)7-18-13/h3-4,7,10,23H,2,5-6,8-9H2,1H3,(H,19,22)/t16-/m0/s1. The number of hydrogen-bond donors (Lipinski definition) is 2. The van der Waals surface area contributed by atoms with Crippen LogP contribution in [-0.2, 0) is 0 Å². The fraction of sp³-hybridized carbons (Fsp3) is 0.438. The highest BCUT2D eigenvalue weighted by molar-refractivity contribution is 5.92. The highest BCUT2D eigenvalue weighted by Gasteiger charge is 2.34. The SMILES string of the molecule is Cc1ncoc1C(=O)NC[C@@]1(O)CCCN(c2ccc(F)cn2)C1. The summed E-state index contributed by atoms with van der Waals surface area (Å²) in [4.78, 5) is 21.9. The Hall–Kier alpha value is -2.48. The number of oxazole rings is 1. The summed E-state index contributed by atoms with van der Waals surface area (Å²) in [7, 11) is 0. The number of amides is 1. The second-order valence-electron chi connectivity index (χ2n) is 6.03. The quantitative estimate of drug-likeness (QED) is 0.875. The van der Waals surface area contributed by atoms with Crippen molar-refractivity contribution in [2.24, 2.45) is 0 Å². The molecule has 1 fully saturated rings. The van der Waals surface area contributed by atoms with Crippen LogP contribution in [0, 0.1) is 12.7 Å². The molecule has 1 atom stereocenters. The lowest BCUT2D eigenvalue weighted by Gasteiger charge is -2.39. The molecule has 2 N–H and O–H groups in total. The predicted octanol–water partition coefficient (Wildman–Crippen LogP) is 1.28. The van der Waals surface area contributed by atoms with Gasteiger partial charge in [0.05, 0.1) is 17.5 Å². The molecule has 7 nitrogen and oxygen atoms in total. The van der Waals surface area contributed by atoms with E-state index >= 15 is 0 Å². The van der Waals surface area contributed by atoms with Crippen LogP contribution in [0.15, 0.2) is 29.1 Å². The number of nitrogens with one attached hydrogen (secondary N) is 1. The number of pyridine rings is 1. The molecule has 2 aromatic heterocycles. The first-order valence-corrected chi connectivity index (χ1v) is 7.74. The third-order valence-corrected chi connectivity index (χ3v) is 4.12. The number of aromatic nitrogens is 2. The Kier molecular flexibility index (Phi) is 4.48. The molecular formula is C16H19FN4O3. The normalized spacial score (nSPS) is 20.9. The maximum absolute atomic E-state index is 13.0. The van der Waals surface area contributed by atoms with Crippen LogP contribution in [0.25, 0.3) is 0 Å². The van der Waals surface area contributed by atoms with Crippen LogP contribution in [-0.4, -0.2) is 46.2 Å². The van der Waals surface area contributed by atoms with Crippen molar-refractivity contribution in [3.8, 4) is 0 Å². The van der Waals surface area contributed by atoms with Crippen molar-refractivity contribution in [2.45, 2.75) is 25.4 Å². The number of β-amino-alcohol motifs (C(OH)–C–C–N with tert-alkyl or cyclic N) is 1. The maximum Gasteiger partial charge on any atom is 0.289 e. The molecule has 0 unspecified atom stereocenters. The molecule has 0 spiro atoms. The van der Waals surface area contributed by atoms with E-state index in [9.17, 15) is 14.3 Å². The van der Waals surface area contributed by atoms with E-state index in [2.05, 4.69) is 15.3 Å². The van der Waals surface area contributed by atoms with Crippen LogP contribution in [0.4, 0.5) is 10.2 Å². The van der Waals surface area contributed by atoms with Gasteiger partial charge in [0.25, 0.3) is 5.91 Å². The van der Waals surface area contributed by atoms with Crippen molar-refractivity contribution in [1.82, 2.24) is 15.3 Å². The molecule has 0 saturated carbocycles. The van der Waals surface area contributed by atoms with Crippen LogP contribution in [0.2, 0.25) is 0 Å². The molecule has 1 aliphatic rings. The van der Waals surface area contributed by atoms with E-state index in [-0.39, 0.29) is 12.3 Å². The summed E-state index contributed by atoms with van der Waals surface area (Å²) in [6.07, 6.45) is 3.66. The summed E-state index contributed by atoms with van der Waals surface area (Å²) < 4.78 is 18.0. The Morgan fingerprint density at radius 2 is 2.33 bits per heavy atom. The molecular weight excluding hydrogens is 315 g/mol. The molecule has 0 aromatic carbocycles. The molecule has 1 amide bonds. The minimum atomic E-state index is -1.09. The van der Waals surface area contributed by atoms with Crippen LogP contribution in [0.1, 0.15) is 29.1 Å². The number of hydrogen-bond acceptors (Lipinski definition) is 6. The van der Waals surface area contributed by atoms with Gasteiger partial charge in [0.2, 0.25) is 5.76 Å². The van der Waals surface area contributed by atoms with Gasteiger partial charge < -0.3 is 19.7 Å². The van der Waals surface area contributed by atoms with E-state index in [1.807, 2.05) is 4.90 Å². The number of anilines is 1. The number of aliphatic hydroxyl groups is 1. The summed E-state index contributed by atoms with van der Waals surface area (Å²) in [5, 5.41) is 13.5. The first kappa shape index (κ1) is 16.4. The molecule has 1 saturated heterocycles. The molecule has 24 heavy (non-hydrogen) atoms. The lowest BCUT2D eigenvalue weighted by atomic mass is 9.92. The Bertz CT molecular complexity index is 718. The van der Waals surface area contributed by atoms with Gasteiger partial charge in [-0.15, -0.1) is 0 Å². The largest absolute Gasteiger partial charge is 0.438 e. The van der Waals surface area contributed by atoms with Crippen molar-refractivity contribution in [3.05, 3.63) is 42.0 Å². The minimum absolute atomic E-state index is 0.0870. The van der Waals surface area contributed by atoms with Crippen molar-refractivity contribution in [2.75, 3.05) is 24.5 Å². The Labute approximate surface area is 138 Å². The number of halogens is 1. The molecule has 8 heteroatoms. The van der Waals surface area contributed by atoms with Gasteiger partial charge in [-0.25, -0.2) is 14.4 Å². The molecule has 1 aliphatic heterocycles. The van der Waals surface area contributed by atoms with Gasteiger partial charge in [-0.2, -0.15) is 0 Å².